The molecule has 0 aromatic rings. The summed E-state index contributed by atoms with van der Waals surface area (Å²) in [4.78, 5) is 10.9. The fourth-order valence-corrected chi connectivity index (χ4v) is 1.11. The second-order valence-corrected chi connectivity index (χ2v) is 2.55. The van der Waals surface area contributed by atoms with Crippen LogP contribution < -0.4 is 0 Å². The monoisotopic (exact) mass is 176 g/mol. The summed E-state index contributed by atoms with van der Waals surface area (Å²) < 4.78 is 14.3. The Morgan fingerprint density at radius 3 is 2.67 bits per heavy atom. The van der Waals surface area contributed by atoms with Gasteiger partial charge >= 0.3 is 5.97 Å². The van der Waals surface area contributed by atoms with E-state index in [0.717, 1.165) is 0 Å². The predicted octanol–water partition coefficient (Wildman–Crippen LogP) is -0.718. The molecule has 0 aromatic carbocycles. The van der Waals surface area contributed by atoms with Crippen LogP contribution in [0.4, 0.5) is 0 Å². The molecule has 1 aliphatic heterocycles. The molecule has 1 saturated heterocycles. The Bertz CT molecular complexity index is 169. The van der Waals surface area contributed by atoms with Gasteiger partial charge in [0, 0.05) is 13.5 Å². The maximum atomic E-state index is 10.9. The number of hydrogen-bond acceptors (Lipinski definition) is 5. The summed E-state index contributed by atoms with van der Waals surface area (Å²) >= 11 is 0. The molecule has 1 fully saturated rings. The number of carbonyl (C=O) groups is 1. The minimum atomic E-state index is -0.903. The van der Waals surface area contributed by atoms with Gasteiger partial charge in [0.15, 0.2) is 12.4 Å². The molecule has 5 heteroatoms. The molecule has 70 valence electrons. The highest BCUT2D eigenvalue weighted by atomic mass is 16.7. The van der Waals surface area contributed by atoms with Gasteiger partial charge < -0.3 is 19.3 Å². The number of ether oxygens (including phenoxy) is 3. The third-order valence-corrected chi connectivity index (χ3v) is 1.78. The summed E-state index contributed by atoms with van der Waals surface area (Å²) in [7, 11) is 2.70. The van der Waals surface area contributed by atoms with Gasteiger partial charge in [-0.05, 0) is 0 Å². The maximum absolute atomic E-state index is 10.9. The largest absolute Gasteiger partial charge is 0.467 e. The van der Waals surface area contributed by atoms with E-state index in [-0.39, 0.29) is 0 Å². The van der Waals surface area contributed by atoms with Gasteiger partial charge in [0.25, 0.3) is 0 Å². The zero-order valence-corrected chi connectivity index (χ0v) is 7.02. The average Bonchev–Trinajstić information content (AvgIpc) is 2.45. The van der Waals surface area contributed by atoms with Gasteiger partial charge in [-0.3, -0.25) is 0 Å². The Kier molecular flexibility index (Phi) is 3.02. The fraction of sp³-hybridized carbons (Fsp3) is 0.857. The Morgan fingerprint density at radius 1 is 1.58 bits per heavy atom. The maximum Gasteiger partial charge on any atom is 0.337 e. The second kappa shape index (κ2) is 3.84. The van der Waals surface area contributed by atoms with Crippen molar-refractivity contribution in [2.75, 3.05) is 14.2 Å². The highest BCUT2D eigenvalue weighted by molar-refractivity contribution is 5.75. The van der Waals surface area contributed by atoms with Crippen molar-refractivity contribution >= 4 is 5.97 Å². The number of carbonyl (C=O) groups excluding carboxylic acids is 1. The first-order chi connectivity index (χ1) is 5.69. The molecule has 3 unspecified atom stereocenters. The summed E-state index contributed by atoms with van der Waals surface area (Å²) in [6.07, 6.45) is -1.94. The Hall–Kier alpha value is -0.650. The van der Waals surface area contributed by atoms with Crippen LogP contribution in [0, 0.1) is 0 Å². The van der Waals surface area contributed by atoms with E-state index in [1.54, 1.807) is 0 Å². The van der Waals surface area contributed by atoms with E-state index in [1.807, 2.05) is 0 Å². The summed E-state index contributed by atoms with van der Waals surface area (Å²) in [5, 5.41) is 9.29. The molecule has 0 bridgehead atoms. The predicted molar refractivity (Wildman–Crippen MR) is 38.3 cm³/mol. The molecule has 0 aromatic heterocycles. The zero-order chi connectivity index (χ0) is 9.14. The number of hydrogen-bond donors (Lipinski definition) is 1. The van der Waals surface area contributed by atoms with Crippen molar-refractivity contribution in [2.24, 2.45) is 0 Å². The number of rotatable bonds is 2. The lowest BCUT2D eigenvalue weighted by atomic mass is 10.2. The van der Waals surface area contributed by atoms with Crippen molar-refractivity contribution < 1.29 is 24.1 Å². The summed E-state index contributed by atoms with van der Waals surface area (Å²) in [5.41, 5.74) is 0. The third kappa shape index (κ3) is 1.74. The number of aliphatic hydroxyl groups excluding tert-OH is 1. The molecule has 5 nitrogen and oxygen atoms in total. The summed E-state index contributed by atoms with van der Waals surface area (Å²) in [5.74, 6) is -0.568. The molecule has 1 aliphatic rings. The van der Waals surface area contributed by atoms with Crippen LogP contribution in [0.15, 0.2) is 0 Å². The molecule has 0 aliphatic carbocycles. The Morgan fingerprint density at radius 2 is 2.25 bits per heavy atom. The minimum Gasteiger partial charge on any atom is -0.467 e. The Labute approximate surface area is 70.2 Å². The van der Waals surface area contributed by atoms with Gasteiger partial charge in [-0.1, -0.05) is 0 Å². The summed E-state index contributed by atoms with van der Waals surface area (Å²) in [6, 6.07) is 0. The molecular formula is C7H12O5. The number of aliphatic hydroxyl groups is 1. The zero-order valence-electron chi connectivity index (χ0n) is 7.02. The fourth-order valence-electron chi connectivity index (χ4n) is 1.11. The van der Waals surface area contributed by atoms with E-state index < -0.39 is 24.5 Å². The molecule has 0 spiro atoms. The van der Waals surface area contributed by atoms with Gasteiger partial charge in [0.05, 0.1) is 13.2 Å². The van der Waals surface area contributed by atoms with Crippen LogP contribution in [-0.2, 0) is 19.0 Å². The highest BCUT2D eigenvalue weighted by Crippen LogP contribution is 2.21. The van der Waals surface area contributed by atoms with Crippen molar-refractivity contribution in [3.8, 4) is 0 Å². The van der Waals surface area contributed by atoms with Crippen molar-refractivity contribution in [1.29, 1.82) is 0 Å². The van der Waals surface area contributed by atoms with Crippen LogP contribution >= 0.6 is 0 Å². The smallest absolute Gasteiger partial charge is 0.337 e. The molecule has 0 radical (unpaired) electrons. The van der Waals surface area contributed by atoms with Gasteiger partial charge in [-0.2, -0.15) is 0 Å². The normalized spacial score (nSPS) is 35.1. The summed E-state index contributed by atoms with van der Waals surface area (Å²) in [6.45, 7) is 0. The van der Waals surface area contributed by atoms with Crippen LogP contribution in [0.1, 0.15) is 6.42 Å². The van der Waals surface area contributed by atoms with Gasteiger partial charge in [-0.25, -0.2) is 4.79 Å². The highest BCUT2D eigenvalue weighted by Gasteiger charge is 2.39. The first-order valence-electron chi connectivity index (χ1n) is 3.63. The number of methoxy groups -OCH3 is 2. The van der Waals surface area contributed by atoms with Gasteiger partial charge in [0.1, 0.15) is 0 Å². The molecule has 0 saturated carbocycles. The topological polar surface area (TPSA) is 65.0 Å². The molecule has 12 heavy (non-hydrogen) atoms. The van der Waals surface area contributed by atoms with Gasteiger partial charge in [-0.15, -0.1) is 0 Å². The quantitative estimate of drug-likeness (QED) is 0.562. The molecule has 3 atom stereocenters. The van der Waals surface area contributed by atoms with Crippen LogP contribution in [0.3, 0.4) is 0 Å². The Balaban J connectivity index is 2.51. The second-order valence-electron chi connectivity index (χ2n) is 2.55. The van der Waals surface area contributed by atoms with E-state index in [9.17, 15) is 9.90 Å². The van der Waals surface area contributed by atoms with E-state index in [4.69, 9.17) is 9.47 Å². The van der Waals surface area contributed by atoms with E-state index in [0.29, 0.717) is 6.42 Å². The van der Waals surface area contributed by atoms with Crippen LogP contribution in [0.25, 0.3) is 0 Å². The number of esters is 1. The van der Waals surface area contributed by atoms with Gasteiger partial charge in [0.2, 0.25) is 0 Å². The first kappa shape index (κ1) is 9.44. The van der Waals surface area contributed by atoms with E-state index >= 15 is 0 Å². The van der Waals surface area contributed by atoms with Crippen LogP contribution in [0.2, 0.25) is 0 Å². The lowest BCUT2D eigenvalue weighted by Gasteiger charge is -2.10. The third-order valence-electron chi connectivity index (χ3n) is 1.78. The molecule has 1 N–H and O–H groups in total. The lowest BCUT2D eigenvalue weighted by molar-refractivity contribution is -0.169. The van der Waals surface area contributed by atoms with Crippen molar-refractivity contribution in [1.82, 2.24) is 0 Å². The molecule has 1 rings (SSSR count). The molecule has 0 amide bonds. The van der Waals surface area contributed by atoms with Crippen molar-refractivity contribution in [3.63, 3.8) is 0 Å². The van der Waals surface area contributed by atoms with Crippen molar-refractivity contribution in [2.45, 2.75) is 24.9 Å². The van der Waals surface area contributed by atoms with Crippen LogP contribution in [0.5, 0.6) is 0 Å². The van der Waals surface area contributed by atoms with E-state index in [1.165, 1.54) is 14.2 Å². The first-order valence-corrected chi connectivity index (χ1v) is 3.63. The molecular weight excluding hydrogens is 164 g/mol. The standard InChI is InChI=1S/C7H12O5/c1-10-5-3-4(8)6(12-5)7(9)11-2/h4-6,8H,3H2,1-2H3. The minimum absolute atomic E-state index is 0.302. The average molecular weight is 176 g/mol. The van der Waals surface area contributed by atoms with Crippen molar-refractivity contribution in [3.05, 3.63) is 0 Å². The molecule has 1 heterocycles. The lowest BCUT2D eigenvalue weighted by Crippen LogP contribution is -2.31. The van der Waals surface area contributed by atoms with E-state index in [2.05, 4.69) is 4.74 Å². The SMILES string of the molecule is COC(=O)C1OC(OC)CC1O. The van der Waals surface area contributed by atoms with Crippen LogP contribution in [-0.4, -0.2) is 43.8 Å².